The molecule has 0 spiro atoms. The summed E-state index contributed by atoms with van der Waals surface area (Å²) in [5.41, 5.74) is 1.85. The first-order valence-corrected chi connectivity index (χ1v) is 7.63. The molecule has 8 heteroatoms. The van der Waals surface area contributed by atoms with E-state index in [0.717, 1.165) is 23.1 Å². The van der Waals surface area contributed by atoms with E-state index in [-0.39, 0.29) is 6.03 Å². The van der Waals surface area contributed by atoms with Crippen molar-refractivity contribution in [3.05, 3.63) is 42.6 Å². The molecule has 0 aliphatic heterocycles. The lowest BCUT2D eigenvalue weighted by molar-refractivity contribution is 0.188. The molecule has 0 bridgehead atoms. The van der Waals surface area contributed by atoms with Gasteiger partial charge in [-0.1, -0.05) is 0 Å². The number of carbonyl (C=O) groups excluding carboxylic acids is 1. The zero-order valence-corrected chi connectivity index (χ0v) is 13.7. The van der Waals surface area contributed by atoms with Crippen molar-refractivity contribution in [2.45, 2.75) is 13.1 Å². The average molecular weight is 328 g/mol. The summed E-state index contributed by atoms with van der Waals surface area (Å²) in [5, 5.41) is 10.6. The molecule has 126 valence electrons. The number of fused-ring (bicyclic) bond motifs is 1. The molecule has 2 aromatic heterocycles. The predicted octanol–water partition coefficient (Wildman–Crippen LogP) is 1.74. The summed E-state index contributed by atoms with van der Waals surface area (Å²) in [7, 11) is 3.47. The second-order valence-corrected chi connectivity index (χ2v) is 5.38. The Kier molecular flexibility index (Phi) is 4.76. The maximum Gasteiger partial charge on any atom is 0.319 e. The molecule has 0 saturated heterocycles. The van der Waals surface area contributed by atoms with E-state index in [1.165, 1.54) is 6.33 Å². The molecule has 2 heterocycles. The number of ether oxygens (including phenoxy) is 1. The van der Waals surface area contributed by atoms with Crippen molar-refractivity contribution in [3.63, 3.8) is 0 Å². The van der Waals surface area contributed by atoms with Crippen LogP contribution in [0.25, 0.3) is 10.9 Å². The van der Waals surface area contributed by atoms with Crippen LogP contribution >= 0.6 is 0 Å². The van der Waals surface area contributed by atoms with Gasteiger partial charge >= 0.3 is 6.03 Å². The average Bonchev–Trinajstić information content (AvgIpc) is 3.16. The van der Waals surface area contributed by atoms with E-state index in [4.69, 9.17) is 4.74 Å². The fourth-order valence-electron chi connectivity index (χ4n) is 2.48. The number of urea groups is 1. The SMILES string of the molecule is COCCn1ccc2cc(NC(=O)NCc3ncnn3C)ccc21. The zero-order valence-electron chi connectivity index (χ0n) is 13.7. The largest absolute Gasteiger partial charge is 0.383 e. The molecule has 1 aromatic carbocycles. The van der Waals surface area contributed by atoms with Crippen molar-refractivity contribution in [1.82, 2.24) is 24.6 Å². The summed E-state index contributed by atoms with van der Waals surface area (Å²) in [6.07, 6.45) is 3.47. The van der Waals surface area contributed by atoms with Crippen molar-refractivity contribution in [1.29, 1.82) is 0 Å². The highest BCUT2D eigenvalue weighted by Gasteiger charge is 2.07. The van der Waals surface area contributed by atoms with Crippen LogP contribution in [0.15, 0.2) is 36.8 Å². The molecule has 0 aliphatic rings. The minimum absolute atomic E-state index is 0.281. The lowest BCUT2D eigenvalue weighted by Crippen LogP contribution is -2.29. The van der Waals surface area contributed by atoms with E-state index < -0.39 is 0 Å². The molecule has 3 aromatic rings. The molecule has 24 heavy (non-hydrogen) atoms. The molecule has 8 nitrogen and oxygen atoms in total. The molecule has 0 aliphatic carbocycles. The summed E-state index contributed by atoms with van der Waals surface area (Å²) >= 11 is 0. The Labute approximate surface area is 139 Å². The number of methoxy groups -OCH3 is 1. The predicted molar refractivity (Wildman–Crippen MR) is 90.7 cm³/mol. The van der Waals surface area contributed by atoms with E-state index in [9.17, 15) is 4.79 Å². The first-order chi connectivity index (χ1) is 11.7. The maximum absolute atomic E-state index is 12.0. The number of rotatable bonds is 6. The third kappa shape index (κ3) is 3.54. The lowest BCUT2D eigenvalue weighted by atomic mass is 10.2. The normalized spacial score (nSPS) is 10.9. The Morgan fingerprint density at radius 1 is 1.33 bits per heavy atom. The van der Waals surface area contributed by atoms with Crippen molar-refractivity contribution >= 4 is 22.6 Å². The Morgan fingerprint density at radius 3 is 2.96 bits per heavy atom. The van der Waals surface area contributed by atoms with Gasteiger partial charge in [0.1, 0.15) is 12.2 Å². The number of benzene rings is 1. The van der Waals surface area contributed by atoms with E-state index in [1.807, 2.05) is 30.5 Å². The number of carbonyl (C=O) groups is 1. The molecule has 0 saturated carbocycles. The highest BCUT2D eigenvalue weighted by Crippen LogP contribution is 2.20. The van der Waals surface area contributed by atoms with Gasteiger partial charge < -0.3 is 19.9 Å². The van der Waals surface area contributed by atoms with Gasteiger partial charge in [0.2, 0.25) is 0 Å². The Balaban J connectivity index is 1.62. The van der Waals surface area contributed by atoms with Gasteiger partial charge in [-0.3, -0.25) is 4.68 Å². The molecule has 2 N–H and O–H groups in total. The van der Waals surface area contributed by atoms with Crippen LogP contribution in [0.4, 0.5) is 10.5 Å². The molecule has 0 unspecified atom stereocenters. The first-order valence-electron chi connectivity index (χ1n) is 7.63. The number of aromatic nitrogens is 4. The van der Waals surface area contributed by atoms with E-state index >= 15 is 0 Å². The highest BCUT2D eigenvalue weighted by molar-refractivity contribution is 5.92. The van der Waals surface area contributed by atoms with Crippen LogP contribution in [0, 0.1) is 0 Å². The molecule has 0 fully saturated rings. The summed E-state index contributed by atoms with van der Waals surface area (Å²) in [5.74, 6) is 0.691. The highest BCUT2D eigenvalue weighted by atomic mass is 16.5. The molecule has 0 atom stereocenters. The maximum atomic E-state index is 12.0. The van der Waals surface area contributed by atoms with Crippen LogP contribution in [0.1, 0.15) is 5.82 Å². The van der Waals surface area contributed by atoms with Crippen molar-refractivity contribution in [2.75, 3.05) is 19.0 Å². The Hall–Kier alpha value is -2.87. The smallest absolute Gasteiger partial charge is 0.319 e. The van der Waals surface area contributed by atoms with Crippen molar-refractivity contribution in [3.8, 4) is 0 Å². The van der Waals surface area contributed by atoms with Gasteiger partial charge in [-0.15, -0.1) is 0 Å². The Bertz CT molecular complexity index is 838. The number of nitrogens with zero attached hydrogens (tertiary/aromatic N) is 4. The summed E-state index contributed by atoms with van der Waals surface area (Å²) in [6.45, 7) is 1.77. The third-order valence-corrected chi connectivity index (χ3v) is 3.78. The minimum atomic E-state index is -0.281. The molecule has 2 amide bonds. The van der Waals surface area contributed by atoms with E-state index in [0.29, 0.717) is 19.0 Å². The van der Waals surface area contributed by atoms with Crippen LogP contribution in [0.2, 0.25) is 0 Å². The number of nitrogens with one attached hydrogen (secondary N) is 2. The van der Waals surface area contributed by atoms with Crippen LogP contribution in [-0.2, 0) is 24.9 Å². The van der Waals surface area contributed by atoms with Gasteiger partial charge in [0.15, 0.2) is 0 Å². The van der Waals surface area contributed by atoms with Crippen LogP contribution in [-0.4, -0.2) is 39.1 Å². The van der Waals surface area contributed by atoms with Gasteiger partial charge in [0.25, 0.3) is 0 Å². The van der Waals surface area contributed by atoms with Crippen LogP contribution in [0.3, 0.4) is 0 Å². The number of amides is 2. The fourth-order valence-corrected chi connectivity index (χ4v) is 2.48. The fraction of sp³-hybridized carbons (Fsp3) is 0.312. The van der Waals surface area contributed by atoms with Crippen LogP contribution < -0.4 is 10.6 Å². The van der Waals surface area contributed by atoms with Gasteiger partial charge in [0.05, 0.1) is 13.2 Å². The minimum Gasteiger partial charge on any atom is -0.383 e. The topological polar surface area (TPSA) is 86.0 Å². The zero-order chi connectivity index (χ0) is 16.9. The molecular weight excluding hydrogens is 308 g/mol. The second kappa shape index (κ2) is 7.14. The molecule has 3 rings (SSSR count). The number of hydrogen-bond donors (Lipinski definition) is 2. The van der Waals surface area contributed by atoms with E-state index in [2.05, 4.69) is 25.3 Å². The standard InChI is InChI=1S/C16H20N6O2/c1-21-15(18-11-19-21)10-17-16(23)20-13-3-4-14-12(9-13)5-6-22(14)7-8-24-2/h3-6,9,11H,7-8,10H2,1-2H3,(H2,17,20,23). The lowest BCUT2D eigenvalue weighted by Gasteiger charge is -2.08. The molecule has 0 radical (unpaired) electrons. The first kappa shape index (κ1) is 16.0. The van der Waals surface area contributed by atoms with Gasteiger partial charge in [-0.2, -0.15) is 5.10 Å². The number of anilines is 1. The Morgan fingerprint density at radius 2 is 2.21 bits per heavy atom. The quantitative estimate of drug-likeness (QED) is 0.722. The summed E-state index contributed by atoms with van der Waals surface area (Å²) in [6, 6.07) is 7.56. The van der Waals surface area contributed by atoms with Crippen molar-refractivity contribution < 1.29 is 9.53 Å². The van der Waals surface area contributed by atoms with Crippen LogP contribution in [0.5, 0.6) is 0 Å². The van der Waals surface area contributed by atoms with Gasteiger partial charge in [-0.05, 0) is 24.3 Å². The van der Waals surface area contributed by atoms with E-state index in [1.54, 1.807) is 18.8 Å². The molecular formula is C16H20N6O2. The monoisotopic (exact) mass is 328 g/mol. The third-order valence-electron chi connectivity index (χ3n) is 3.78. The van der Waals surface area contributed by atoms with Crippen molar-refractivity contribution in [2.24, 2.45) is 7.05 Å². The second-order valence-electron chi connectivity index (χ2n) is 5.38. The summed E-state index contributed by atoms with van der Waals surface area (Å²) < 4.78 is 8.85. The summed E-state index contributed by atoms with van der Waals surface area (Å²) in [4.78, 5) is 16.1. The number of aryl methyl sites for hydroxylation is 1. The van der Waals surface area contributed by atoms with Gasteiger partial charge in [0, 0.05) is 43.5 Å². The van der Waals surface area contributed by atoms with Gasteiger partial charge in [-0.25, -0.2) is 9.78 Å². The number of hydrogen-bond acceptors (Lipinski definition) is 4.